The molecule has 1 aliphatic heterocycles. The first kappa shape index (κ1) is 13.8. The molecule has 1 aliphatic rings. The second kappa shape index (κ2) is 6.52. The number of hydrogen-bond donors (Lipinski definition) is 2. The van der Waals surface area contributed by atoms with Crippen molar-refractivity contribution in [2.24, 2.45) is 0 Å². The van der Waals surface area contributed by atoms with Crippen LogP contribution in [0.1, 0.15) is 12.8 Å². The maximum Gasteiger partial charge on any atom is 0.163 e. The zero-order valence-electron chi connectivity index (χ0n) is 11.7. The SMILES string of the molecule is CN(C)CCCCNc1cc2c(cc1N)OCCO2. The van der Waals surface area contributed by atoms with Crippen molar-refractivity contribution in [1.29, 1.82) is 0 Å². The third-order valence-electron chi connectivity index (χ3n) is 3.06. The molecule has 106 valence electrons. The molecule has 0 saturated heterocycles. The summed E-state index contributed by atoms with van der Waals surface area (Å²) >= 11 is 0. The van der Waals surface area contributed by atoms with Gasteiger partial charge in [0.1, 0.15) is 13.2 Å². The summed E-state index contributed by atoms with van der Waals surface area (Å²) in [6.45, 7) is 3.21. The Balaban J connectivity index is 1.86. The van der Waals surface area contributed by atoms with E-state index in [1.54, 1.807) is 0 Å². The van der Waals surface area contributed by atoms with Crippen LogP contribution in [-0.4, -0.2) is 45.3 Å². The lowest BCUT2D eigenvalue weighted by Crippen LogP contribution is -2.16. The Morgan fingerprint density at radius 3 is 2.53 bits per heavy atom. The van der Waals surface area contributed by atoms with Gasteiger partial charge in [-0.1, -0.05) is 0 Å². The zero-order chi connectivity index (χ0) is 13.7. The second-order valence-electron chi connectivity index (χ2n) is 5.02. The molecule has 3 N–H and O–H groups in total. The molecule has 19 heavy (non-hydrogen) atoms. The summed E-state index contributed by atoms with van der Waals surface area (Å²) in [5, 5.41) is 3.36. The van der Waals surface area contributed by atoms with Gasteiger partial charge in [0.05, 0.1) is 11.4 Å². The molecule has 0 bridgehead atoms. The normalized spacial score (nSPS) is 13.6. The van der Waals surface area contributed by atoms with E-state index in [1.807, 2.05) is 12.1 Å². The molecule has 0 saturated carbocycles. The Bertz CT molecular complexity index is 421. The monoisotopic (exact) mass is 265 g/mol. The Labute approximate surface area is 114 Å². The van der Waals surface area contributed by atoms with Crippen LogP contribution in [-0.2, 0) is 0 Å². The average Bonchev–Trinajstić information content (AvgIpc) is 2.38. The van der Waals surface area contributed by atoms with Gasteiger partial charge in [-0.2, -0.15) is 0 Å². The van der Waals surface area contributed by atoms with Gasteiger partial charge < -0.3 is 25.4 Å². The number of fused-ring (bicyclic) bond motifs is 1. The fourth-order valence-corrected chi connectivity index (χ4v) is 2.03. The van der Waals surface area contributed by atoms with Gasteiger partial charge in [0.15, 0.2) is 11.5 Å². The predicted octanol–water partition coefficient (Wildman–Crippen LogP) is 1.79. The molecule has 1 aromatic carbocycles. The van der Waals surface area contributed by atoms with Crippen molar-refractivity contribution in [2.45, 2.75) is 12.8 Å². The topological polar surface area (TPSA) is 59.8 Å². The van der Waals surface area contributed by atoms with Gasteiger partial charge in [-0.3, -0.25) is 0 Å². The Morgan fingerprint density at radius 1 is 1.16 bits per heavy atom. The first-order valence-corrected chi connectivity index (χ1v) is 6.74. The number of nitrogens with one attached hydrogen (secondary N) is 1. The summed E-state index contributed by atoms with van der Waals surface area (Å²) in [5.74, 6) is 1.51. The number of ether oxygens (including phenoxy) is 2. The van der Waals surface area contributed by atoms with Crippen LogP contribution in [0.5, 0.6) is 11.5 Å². The number of anilines is 2. The number of nitrogens with zero attached hydrogens (tertiary/aromatic N) is 1. The van der Waals surface area contributed by atoms with Crippen molar-refractivity contribution >= 4 is 11.4 Å². The molecular weight excluding hydrogens is 242 g/mol. The van der Waals surface area contributed by atoms with E-state index in [0.29, 0.717) is 18.9 Å². The molecule has 0 atom stereocenters. The molecule has 0 spiro atoms. The largest absolute Gasteiger partial charge is 0.486 e. The van der Waals surface area contributed by atoms with Crippen molar-refractivity contribution in [1.82, 2.24) is 4.90 Å². The van der Waals surface area contributed by atoms with Crippen LogP contribution in [0.4, 0.5) is 11.4 Å². The molecule has 0 unspecified atom stereocenters. The molecule has 0 aromatic heterocycles. The molecule has 2 rings (SSSR count). The second-order valence-corrected chi connectivity index (χ2v) is 5.02. The van der Waals surface area contributed by atoms with Crippen LogP contribution in [0.25, 0.3) is 0 Å². The summed E-state index contributed by atoms with van der Waals surface area (Å²) in [6, 6.07) is 3.76. The molecule has 5 heteroatoms. The van der Waals surface area contributed by atoms with E-state index in [9.17, 15) is 0 Å². The highest BCUT2D eigenvalue weighted by atomic mass is 16.6. The smallest absolute Gasteiger partial charge is 0.163 e. The van der Waals surface area contributed by atoms with E-state index in [4.69, 9.17) is 15.2 Å². The Kier molecular flexibility index (Phi) is 4.74. The van der Waals surface area contributed by atoms with E-state index in [1.165, 1.54) is 6.42 Å². The summed E-state index contributed by atoms with van der Waals surface area (Å²) in [7, 11) is 4.18. The van der Waals surface area contributed by atoms with Crippen molar-refractivity contribution in [3.63, 3.8) is 0 Å². The minimum Gasteiger partial charge on any atom is -0.486 e. The standard InChI is InChI=1S/C14H23N3O2/c1-17(2)6-4-3-5-16-12-10-14-13(9-11(12)15)18-7-8-19-14/h9-10,16H,3-8,15H2,1-2H3. The van der Waals surface area contributed by atoms with Crippen LogP contribution >= 0.6 is 0 Å². The number of rotatable bonds is 6. The Morgan fingerprint density at radius 2 is 1.84 bits per heavy atom. The third kappa shape index (κ3) is 3.92. The van der Waals surface area contributed by atoms with Gasteiger partial charge >= 0.3 is 0 Å². The van der Waals surface area contributed by atoms with Gasteiger partial charge in [0.2, 0.25) is 0 Å². The minimum atomic E-state index is 0.587. The lowest BCUT2D eigenvalue weighted by Gasteiger charge is -2.20. The van der Waals surface area contributed by atoms with Crippen molar-refractivity contribution < 1.29 is 9.47 Å². The number of nitrogen functional groups attached to an aromatic ring is 1. The maximum atomic E-state index is 6.00. The van der Waals surface area contributed by atoms with E-state index in [-0.39, 0.29) is 0 Å². The van der Waals surface area contributed by atoms with Crippen LogP contribution in [0.2, 0.25) is 0 Å². The highest BCUT2D eigenvalue weighted by Crippen LogP contribution is 2.36. The van der Waals surface area contributed by atoms with Crippen molar-refractivity contribution in [3.8, 4) is 11.5 Å². The number of hydrogen-bond acceptors (Lipinski definition) is 5. The zero-order valence-corrected chi connectivity index (χ0v) is 11.7. The van der Waals surface area contributed by atoms with Crippen molar-refractivity contribution in [2.75, 3.05) is 51.4 Å². The number of benzene rings is 1. The molecule has 0 aliphatic carbocycles. The van der Waals surface area contributed by atoms with Gasteiger partial charge in [0.25, 0.3) is 0 Å². The molecule has 0 amide bonds. The first-order valence-electron chi connectivity index (χ1n) is 6.74. The Hall–Kier alpha value is -1.62. The lowest BCUT2D eigenvalue weighted by atomic mass is 10.2. The van der Waals surface area contributed by atoms with E-state index < -0.39 is 0 Å². The first-order chi connectivity index (χ1) is 9.16. The highest BCUT2D eigenvalue weighted by molar-refractivity contribution is 5.72. The summed E-state index contributed by atoms with van der Waals surface area (Å²) in [6.07, 6.45) is 2.29. The van der Waals surface area contributed by atoms with Crippen LogP contribution in [0.15, 0.2) is 12.1 Å². The quantitative estimate of drug-likeness (QED) is 0.606. The van der Waals surface area contributed by atoms with Gasteiger partial charge in [0, 0.05) is 18.7 Å². The molecule has 0 radical (unpaired) electrons. The lowest BCUT2D eigenvalue weighted by molar-refractivity contribution is 0.172. The fraction of sp³-hybridized carbons (Fsp3) is 0.571. The van der Waals surface area contributed by atoms with E-state index in [0.717, 1.165) is 36.7 Å². The highest BCUT2D eigenvalue weighted by Gasteiger charge is 2.14. The summed E-state index contributed by atoms with van der Waals surface area (Å²) in [5.41, 5.74) is 7.63. The van der Waals surface area contributed by atoms with Crippen LogP contribution in [0, 0.1) is 0 Å². The molecule has 1 aromatic rings. The fourth-order valence-electron chi connectivity index (χ4n) is 2.03. The van der Waals surface area contributed by atoms with E-state index >= 15 is 0 Å². The third-order valence-corrected chi connectivity index (χ3v) is 3.06. The average molecular weight is 265 g/mol. The number of unbranched alkanes of at least 4 members (excludes halogenated alkanes) is 1. The van der Waals surface area contributed by atoms with Gasteiger partial charge in [-0.15, -0.1) is 0 Å². The van der Waals surface area contributed by atoms with Gasteiger partial charge in [-0.25, -0.2) is 0 Å². The van der Waals surface area contributed by atoms with Crippen LogP contribution in [0.3, 0.4) is 0 Å². The molecule has 0 fully saturated rings. The van der Waals surface area contributed by atoms with Crippen LogP contribution < -0.4 is 20.5 Å². The molecular formula is C14H23N3O2. The van der Waals surface area contributed by atoms with Gasteiger partial charge in [-0.05, 0) is 33.5 Å². The maximum absolute atomic E-state index is 6.00. The van der Waals surface area contributed by atoms with E-state index in [2.05, 4.69) is 24.3 Å². The predicted molar refractivity (Wildman–Crippen MR) is 78.1 cm³/mol. The minimum absolute atomic E-state index is 0.587. The molecule has 5 nitrogen and oxygen atoms in total. The summed E-state index contributed by atoms with van der Waals surface area (Å²) in [4.78, 5) is 2.19. The van der Waals surface area contributed by atoms with Crippen molar-refractivity contribution in [3.05, 3.63) is 12.1 Å². The molecule has 1 heterocycles. The number of nitrogens with two attached hydrogens (primary N) is 1. The summed E-state index contributed by atoms with van der Waals surface area (Å²) < 4.78 is 11.0.